The average molecular weight is 255 g/mol. The number of rotatable bonds is 4. The highest BCUT2D eigenvalue weighted by Crippen LogP contribution is 2.20. The molecule has 1 N–H and O–H groups in total. The molecule has 0 aliphatic carbocycles. The van der Waals surface area contributed by atoms with Crippen molar-refractivity contribution in [3.8, 4) is 5.75 Å². The predicted octanol–water partition coefficient (Wildman–Crippen LogP) is 1.68. The maximum absolute atomic E-state index is 12.2. The van der Waals surface area contributed by atoms with Crippen molar-refractivity contribution in [1.29, 1.82) is 0 Å². The van der Waals surface area contributed by atoms with Gasteiger partial charge in [0.2, 0.25) is 0 Å². The van der Waals surface area contributed by atoms with Gasteiger partial charge in [-0.1, -0.05) is 18.2 Å². The van der Waals surface area contributed by atoms with Crippen LogP contribution in [0.15, 0.2) is 29.3 Å². The summed E-state index contributed by atoms with van der Waals surface area (Å²) >= 11 is 0. The molecule has 0 bridgehead atoms. The molecule has 1 aliphatic heterocycles. The van der Waals surface area contributed by atoms with Gasteiger partial charge in [-0.2, -0.15) is 8.78 Å². The summed E-state index contributed by atoms with van der Waals surface area (Å²) < 4.78 is 28.9. The zero-order valence-corrected chi connectivity index (χ0v) is 10.1. The molecule has 0 fully saturated rings. The molecule has 4 nitrogen and oxygen atoms in total. The van der Waals surface area contributed by atoms with Gasteiger partial charge in [-0.3, -0.25) is 4.99 Å². The van der Waals surface area contributed by atoms with Crippen LogP contribution in [0, 0.1) is 0 Å². The summed E-state index contributed by atoms with van der Waals surface area (Å²) in [5.74, 6) is 0.975. The summed E-state index contributed by atoms with van der Waals surface area (Å²) in [5, 5.41) is 3.11. The van der Waals surface area contributed by atoms with E-state index < -0.39 is 6.61 Å². The molecule has 0 aromatic heterocycles. The Morgan fingerprint density at radius 1 is 1.44 bits per heavy atom. The summed E-state index contributed by atoms with van der Waals surface area (Å²) in [6.07, 6.45) is 0. The van der Waals surface area contributed by atoms with Crippen LogP contribution in [0.3, 0.4) is 0 Å². The number of ether oxygens (including phenoxy) is 1. The van der Waals surface area contributed by atoms with E-state index in [4.69, 9.17) is 0 Å². The summed E-state index contributed by atoms with van der Waals surface area (Å²) in [4.78, 5) is 6.25. The second kappa shape index (κ2) is 5.66. The molecule has 0 saturated heterocycles. The molecular weight excluding hydrogens is 240 g/mol. The number of halogens is 2. The molecule has 0 unspecified atom stereocenters. The quantitative estimate of drug-likeness (QED) is 0.889. The van der Waals surface area contributed by atoms with Crippen LogP contribution in [0.25, 0.3) is 0 Å². The number of hydrogen-bond donors (Lipinski definition) is 1. The Hall–Kier alpha value is -1.85. The first kappa shape index (κ1) is 12.6. The van der Waals surface area contributed by atoms with Crippen molar-refractivity contribution >= 4 is 5.96 Å². The third kappa shape index (κ3) is 3.09. The second-order valence-electron chi connectivity index (χ2n) is 3.97. The molecular formula is C12H15F2N3O. The van der Waals surface area contributed by atoms with Gasteiger partial charge in [0.05, 0.1) is 6.54 Å². The van der Waals surface area contributed by atoms with Crippen LogP contribution in [0.4, 0.5) is 8.78 Å². The molecule has 98 valence electrons. The van der Waals surface area contributed by atoms with Crippen LogP contribution in [0.2, 0.25) is 0 Å². The minimum Gasteiger partial charge on any atom is -0.434 e. The van der Waals surface area contributed by atoms with Gasteiger partial charge < -0.3 is 15.0 Å². The van der Waals surface area contributed by atoms with Crippen molar-refractivity contribution in [3.63, 3.8) is 0 Å². The van der Waals surface area contributed by atoms with Crippen molar-refractivity contribution in [2.45, 2.75) is 13.2 Å². The van der Waals surface area contributed by atoms with E-state index in [9.17, 15) is 8.78 Å². The fourth-order valence-corrected chi connectivity index (χ4v) is 1.76. The van der Waals surface area contributed by atoms with E-state index in [0.29, 0.717) is 12.1 Å². The largest absolute Gasteiger partial charge is 0.434 e. The summed E-state index contributed by atoms with van der Waals surface area (Å²) in [7, 11) is 1.93. The molecule has 0 atom stereocenters. The van der Waals surface area contributed by atoms with Crippen LogP contribution in [-0.2, 0) is 6.54 Å². The first-order valence-electron chi connectivity index (χ1n) is 5.69. The van der Waals surface area contributed by atoms with Crippen LogP contribution in [0.5, 0.6) is 5.75 Å². The SMILES string of the molecule is CN1CCN=C1NCc1ccccc1OC(F)F. The Balaban J connectivity index is 2.00. The number of para-hydroxylation sites is 1. The Kier molecular flexibility index (Phi) is 3.96. The fraction of sp³-hybridized carbons (Fsp3) is 0.417. The van der Waals surface area contributed by atoms with Gasteiger partial charge in [-0.05, 0) is 6.07 Å². The van der Waals surface area contributed by atoms with Gasteiger partial charge in [0, 0.05) is 25.7 Å². The highest BCUT2D eigenvalue weighted by Gasteiger charge is 2.13. The Morgan fingerprint density at radius 3 is 2.89 bits per heavy atom. The summed E-state index contributed by atoms with van der Waals surface area (Å²) in [5.41, 5.74) is 0.681. The summed E-state index contributed by atoms with van der Waals surface area (Å²) in [6, 6.07) is 6.74. The molecule has 6 heteroatoms. The lowest BCUT2D eigenvalue weighted by atomic mass is 10.2. The highest BCUT2D eigenvalue weighted by atomic mass is 19.3. The maximum Gasteiger partial charge on any atom is 0.387 e. The normalized spacial score (nSPS) is 14.9. The Bertz CT molecular complexity index is 437. The third-order valence-corrected chi connectivity index (χ3v) is 2.68. The minimum absolute atomic E-state index is 0.196. The van der Waals surface area contributed by atoms with Crippen LogP contribution >= 0.6 is 0 Å². The van der Waals surface area contributed by atoms with Gasteiger partial charge in [0.1, 0.15) is 5.75 Å². The number of guanidine groups is 1. The molecule has 1 aromatic rings. The van der Waals surface area contributed by atoms with Crippen LogP contribution < -0.4 is 10.1 Å². The Labute approximate surface area is 104 Å². The van der Waals surface area contributed by atoms with E-state index in [1.807, 2.05) is 11.9 Å². The van der Waals surface area contributed by atoms with Gasteiger partial charge in [-0.15, -0.1) is 0 Å². The Morgan fingerprint density at radius 2 is 2.22 bits per heavy atom. The molecule has 2 rings (SSSR count). The number of alkyl halides is 2. The van der Waals surface area contributed by atoms with Gasteiger partial charge >= 0.3 is 6.61 Å². The maximum atomic E-state index is 12.2. The van der Waals surface area contributed by atoms with Crippen molar-refractivity contribution < 1.29 is 13.5 Å². The van der Waals surface area contributed by atoms with Gasteiger partial charge in [0.15, 0.2) is 5.96 Å². The van der Waals surface area contributed by atoms with E-state index >= 15 is 0 Å². The lowest BCUT2D eigenvalue weighted by Crippen LogP contribution is -2.35. The molecule has 1 aliphatic rings. The number of nitrogens with one attached hydrogen (secondary N) is 1. The van der Waals surface area contributed by atoms with E-state index in [1.165, 1.54) is 6.07 Å². The van der Waals surface area contributed by atoms with Gasteiger partial charge in [0.25, 0.3) is 0 Å². The number of nitrogens with zero attached hydrogens (tertiary/aromatic N) is 2. The molecule has 1 aromatic carbocycles. The average Bonchev–Trinajstić information content (AvgIpc) is 2.73. The molecule has 0 spiro atoms. The van der Waals surface area contributed by atoms with Gasteiger partial charge in [-0.25, -0.2) is 0 Å². The first-order chi connectivity index (χ1) is 8.66. The van der Waals surface area contributed by atoms with E-state index in [2.05, 4.69) is 15.0 Å². The zero-order valence-electron chi connectivity index (χ0n) is 10.1. The standard InChI is InChI=1S/C12H15F2N3O/c1-17-7-6-15-12(17)16-8-9-4-2-3-5-10(9)18-11(13)14/h2-5,11H,6-8H2,1H3,(H,15,16). The fourth-order valence-electron chi connectivity index (χ4n) is 1.76. The monoisotopic (exact) mass is 255 g/mol. The van der Waals surface area contributed by atoms with Crippen molar-refractivity contribution in [1.82, 2.24) is 10.2 Å². The molecule has 18 heavy (non-hydrogen) atoms. The van der Waals surface area contributed by atoms with Crippen molar-refractivity contribution in [2.24, 2.45) is 4.99 Å². The number of aliphatic imine (C=N–C) groups is 1. The number of benzene rings is 1. The smallest absolute Gasteiger partial charge is 0.387 e. The predicted molar refractivity (Wildman–Crippen MR) is 64.8 cm³/mol. The third-order valence-electron chi connectivity index (χ3n) is 2.68. The van der Waals surface area contributed by atoms with Crippen molar-refractivity contribution in [3.05, 3.63) is 29.8 Å². The van der Waals surface area contributed by atoms with E-state index in [-0.39, 0.29) is 5.75 Å². The molecule has 1 heterocycles. The molecule has 0 amide bonds. The topological polar surface area (TPSA) is 36.9 Å². The summed E-state index contributed by atoms with van der Waals surface area (Å²) in [6.45, 7) is -0.768. The van der Waals surface area contributed by atoms with Crippen LogP contribution in [-0.4, -0.2) is 37.6 Å². The minimum atomic E-state index is -2.81. The molecule has 0 radical (unpaired) electrons. The number of hydrogen-bond acceptors (Lipinski definition) is 4. The zero-order chi connectivity index (χ0) is 13.0. The second-order valence-corrected chi connectivity index (χ2v) is 3.97. The first-order valence-corrected chi connectivity index (χ1v) is 5.69. The van der Waals surface area contributed by atoms with E-state index in [1.54, 1.807) is 18.2 Å². The number of likely N-dealkylation sites (N-methyl/N-ethyl adjacent to an activating group) is 1. The van der Waals surface area contributed by atoms with E-state index in [0.717, 1.165) is 19.0 Å². The van der Waals surface area contributed by atoms with Crippen molar-refractivity contribution in [2.75, 3.05) is 20.1 Å². The lowest BCUT2D eigenvalue weighted by molar-refractivity contribution is -0.0504. The highest BCUT2D eigenvalue weighted by molar-refractivity contribution is 5.81. The lowest BCUT2D eigenvalue weighted by Gasteiger charge is -2.16. The van der Waals surface area contributed by atoms with Crippen LogP contribution in [0.1, 0.15) is 5.56 Å². The molecule has 0 saturated carbocycles.